The van der Waals surface area contributed by atoms with Crippen molar-refractivity contribution in [2.24, 2.45) is 17.6 Å². The van der Waals surface area contributed by atoms with E-state index in [2.05, 4.69) is 10.2 Å². The number of anilines is 1. The van der Waals surface area contributed by atoms with E-state index in [0.717, 1.165) is 38.5 Å². The molecule has 4 fully saturated rings. The number of carboxylic acids is 3. The van der Waals surface area contributed by atoms with Gasteiger partial charge in [0.15, 0.2) is 0 Å². The summed E-state index contributed by atoms with van der Waals surface area (Å²) in [6.07, 6.45) is -4.85. The van der Waals surface area contributed by atoms with Crippen LogP contribution in [0.2, 0.25) is 0 Å². The van der Waals surface area contributed by atoms with Gasteiger partial charge in [-0.1, -0.05) is 0 Å². The molecule has 2 amide bonds. The van der Waals surface area contributed by atoms with E-state index >= 15 is 0 Å². The summed E-state index contributed by atoms with van der Waals surface area (Å²) < 4.78 is 90.4. The van der Waals surface area contributed by atoms with Gasteiger partial charge in [-0.05, 0) is 81.7 Å². The highest BCUT2D eigenvalue weighted by Gasteiger charge is 2.46. The van der Waals surface area contributed by atoms with E-state index in [1.165, 1.54) is 12.1 Å². The molecule has 22 heteroatoms. The Bertz CT molecular complexity index is 1550. The number of aromatic carboxylic acids is 1. The van der Waals surface area contributed by atoms with Gasteiger partial charge in [-0.2, -0.15) is 30.6 Å². The zero-order chi connectivity index (χ0) is 39.9. The van der Waals surface area contributed by atoms with Crippen molar-refractivity contribution in [3.8, 4) is 0 Å². The quantitative estimate of drug-likeness (QED) is 0.240. The molecular weight excluding hydrogens is 748 g/mol. The number of rotatable bonds is 8. The Labute approximate surface area is 300 Å². The maximum Gasteiger partial charge on any atom is 0.490 e. The summed E-state index contributed by atoms with van der Waals surface area (Å²) in [6.45, 7) is 3.07. The number of likely N-dealkylation sites (tertiary alicyclic amines) is 1. The Morgan fingerprint density at radius 2 is 1.28 bits per heavy atom. The highest BCUT2D eigenvalue weighted by Crippen LogP contribution is 2.35. The molecule has 2 saturated heterocycles. The second-order valence-corrected chi connectivity index (χ2v) is 15.2. The van der Waals surface area contributed by atoms with Crippen molar-refractivity contribution in [2.75, 3.05) is 44.6 Å². The standard InChI is InChI=1S/C27H39N5O6S.2C2HF3O2/c28-16-18-1-3-19(4-2-18)26(34)32-17-22(30-11-13-31(14-12-30)39(37,38)23-9-10-23)15-24(32)25(33)29-21-7-5-20(6-8-21)27(35)36;2*3-2(4,5)1(6)7/h5-8,18-19,22-24H,1-4,9-17,28H2,(H,29,33)(H,35,36);2*(H,6,7)/t18?,19?,22-,24-;;/m0../s1. The third-order valence-corrected chi connectivity index (χ3v) is 11.8. The molecule has 0 radical (unpaired) electrons. The van der Waals surface area contributed by atoms with Gasteiger partial charge in [0.2, 0.25) is 21.8 Å². The zero-order valence-electron chi connectivity index (χ0n) is 28.2. The summed E-state index contributed by atoms with van der Waals surface area (Å²) in [5.41, 5.74) is 6.44. The number of carbonyl (C=O) groups excluding carboxylic acids is 2. The summed E-state index contributed by atoms with van der Waals surface area (Å²) in [5, 5.41) is 26.0. The molecule has 0 unspecified atom stereocenters. The number of nitrogens with two attached hydrogens (primary N) is 1. The van der Waals surface area contributed by atoms with Crippen LogP contribution in [0.5, 0.6) is 0 Å². The second kappa shape index (κ2) is 17.9. The zero-order valence-corrected chi connectivity index (χ0v) is 29.0. The predicted octanol–water partition coefficient (Wildman–Crippen LogP) is 2.43. The Kier molecular flexibility index (Phi) is 14.6. The number of carbonyl (C=O) groups is 5. The van der Waals surface area contributed by atoms with Crippen LogP contribution < -0.4 is 11.1 Å². The number of halogens is 6. The number of nitrogens with zero attached hydrogens (tertiary/aromatic N) is 3. The first kappa shape index (κ1) is 43.4. The number of sulfonamides is 1. The van der Waals surface area contributed by atoms with E-state index < -0.39 is 46.3 Å². The lowest BCUT2D eigenvalue weighted by molar-refractivity contribution is -0.193. The monoisotopic (exact) mass is 789 g/mol. The summed E-state index contributed by atoms with van der Waals surface area (Å²) >= 11 is 0. The molecule has 2 saturated carbocycles. The van der Waals surface area contributed by atoms with E-state index in [0.29, 0.717) is 57.3 Å². The Morgan fingerprint density at radius 3 is 1.70 bits per heavy atom. The summed E-state index contributed by atoms with van der Waals surface area (Å²) in [7, 11) is -3.22. The highest BCUT2D eigenvalue weighted by atomic mass is 32.2. The fourth-order valence-corrected chi connectivity index (χ4v) is 8.10. The summed E-state index contributed by atoms with van der Waals surface area (Å²) in [4.78, 5) is 60.1. The molecule has 2 aliphatic carbocycles. The fourth-order valence-electron chi connectivity index (χ4n) is 6.27. The molecule has 2 atom stereocenters. The first-order valence-electron chi connectivity index (χ1n) is 16.5. The van der Waals surface area contributed by atoms with Crippen LogP contribution in [0.3, 0.4) is 0 Å². The number of hydrogen-bond donors (Lipinski definition) is 5. The minimum Gasteiger partial charge on any atom is -0.478 e. The molecule has 15 nitrogen and oxygen atoms in total. The van der Waals surface area contributed by atoms with E-state index in [4.69, 9.17) is 30.6 Å². The summed E-state index contributed by atoms with van der Waals surface area (Å²) in [6, 6.07) is 5.28. The van der Waals surface area contributed by atoms with Crippen molar-refractivity contribution in [3.05, 3.63) is 29.8 Å². The molecule has 1 aromatic carbocycles. The Balaban J connectivity index is 0.000000458. The maximum absolute atomic E-state index is 13.7. The van der Waals surface area contributed by atoms with Crippen LogP contribution >= 0.6 is 0 Å². The number of alkyl halides is 6. The lowest BCUT2D eigenvalue weighted by Gasteiger charge is -2.37. The van der Waals surface area contributed by atoms with Crippen molar-refractivity contribution in [1.82, 2.24) is 14.1 Å². The van der Waals surface area contributed by atoms with Crippen LogP contribution in [0.15, 0.2) is 24.3 Å². The molecule has 2 heterocycles. The van der Waals surface area contributed by atoms with Gasteiger partial charge in [0.1, 0.15) is 6.04 Å². The van der Waals surface area contributed by atoms with Crippen LogP contribution in [0.25, 0.3) is 0 Å². The van der Waals surface area contributed by atoms with Crippen LogP contribution in [-0.4, -0.2) is 137 Å². The molecule has 0 spiro atoms. The van der Waals surface area contributed by atoms with E-state index in [1.54, 1.807) is 21.3 Å². The average Bonchev–Trinajstić information content (AvgIpc) is 3.87. The smallest absolute Gasteiger partial charge is 0.478 e. The number of benzene rings is 1. The number of amides is 2. The van der Waals surface area contributed by atoms with Crippen molar-refractivity contribution in [1.29, 1.82) is 0 Å². The van der Waals surface area contributed by atoms with Gasteiger partial charge in [0, 0.05) is 50.4 Å². The Morgan fingerprint density at radius 1 is 0.792 bits per heavy atom. The topological polar surface area (TPSA) is 228 Å². The fraction of sp³-hybridized carbons (Fsp3) is 0.645. The largest absolute Gasteiger partial charge is 0.490 e. The molecule has 4 aliphatic rings. The third-order valence-electron chi connectivity index (χ3n) is 9.37. The minimum absolute atomic E-state index is 0.00398. The van der Waals surface area contributed by atoms with Crippen LogP contribution in [0.4, 0.5) is 32.0 Å². The molecule has 298 valence electrons. The van der Waals surface area contributed by atoms with Gasteiger partial charge >= 0.3 is 30.3 Å². The van der Waals surface area contributed by atoms with Crippen LogP contribution in [-0.2, 0) is 29.2 Å². The normalized spacial score (nSPS) is 24.2. The van der Waals surface area contributed by atoms with Crippen LogP contribution in [0, 0.1) is 11.8 Å². The van der Waals surface area contributed by atoms with Crippen molar-refractivity contribution >= 4 is 45.4 Å². The van der Waals surface area contributed by atoms with Gasteiger partial charge in [0.25, 0.3) is 0 Å². The van der Waals surface area contributed by atoms with Gasteiger partial charge in [-0.15, -0.1) is 0 Å². The first-order chi connectivity index (χ1) is 24.6. The lowest BCUT2D eigenvalue weighted by atomic mass is 9.81. The lowest BCUT2D eigenvalue weighted by Crippen LogP contribution is -2.53. The molecular formula is C31H41F6N5O10S. The third kappa shape index (κ3) is 12.3. The van der Waals surface area contributed by atoms with Crippen molar-refractivity contribution in [2.45, 2.75) is 74.6 Å². The second-order valence-electron chi connectivity index (χ2n) is 13.0. The molecule has 1 aromatic rings. The van der Waals surface area contributed by atoms with Gasteiger partial charge in [0.05, 0.1) is 10.8 Å². The average molecular weight is 790 g/mol. The maximum atomic E-state index is 13.7. The van der Waals surface area contributed by atoms with Gasteiger partial charge < -0.3 is 31.3 Å². The number of aliphatic carboxylic acids is 2. The van der Waals surface area contributed by atoms with Gasteiger partial charge in [-0.25, -0.2) is 22.8 Å². The molecule has 6 N–H and O–H groups in total. The number of nitrogens with one attached hydrogen (secondary N) is 1. The van der Waals surface area contributed by atoms with Gasteiger partial charge in [-0.3, -0.25) is 14.5 Å². The molecule has 53 heavy (non-hydrogen) atoms. The van der Waals surface area contributed by atoms with E-state index in [-0.39, 0.29) is 34.6 Å². The first-order valence-corrected chi connectivity index (χ1v) is 18.0. The molecule has 0 bridgehead atoms. The molecule has 5 rings (SSSR count). The number of piperazine rings is 1. The predicted molar refractivity (Wildman–Crippen MR) is 173 cm³/mol. The number of carboxylic acid groups (broad SMARTS) is 3. The van der Waals surface area contributed by atoms with Crippen molar-refractivity contribution < 1.29 is 74.1 Å². The summed E-state index contributed by atoms with van der Waals surface area (Å²) in [5.74, 6) is -6.53. The van der Waals surface area contributed by atoms with E-state index in [1.807, 2.05) is 0 Å². The Hall–Kier alpha value is -4.02. The SMILES string of the molecule is NCC1CCC(C(=O)N2C[C@@H](N3CCN(S(=O)(=O)C4CC4)CC3)C[C@H]2C(=O)Nc2ccc(C(=O)O)cc2)CC1.O=C(O)C(F)(F)F.O=C(O)C(F)(F)F. The van der Waals surface area contributed by atoms with Crippen molar-refractivity contribution in [3.63, 3.8) is 0 Å². The highest BCUT2D eigenvalue weighted by molar-refractivity contribution is 7.90. The minimum atomic E-state index is -5.08. The van der Waals surface area contributed by atoms with Crippen LogP contribution in [0.1, 0.15) is 55.3 Å². The molecule has 2 aliphatic heterocycles. The molecule has 0 aromatic heterocycles. The van der Waals surface area contributed by atoms with E-state index in [9.17, 15) is 49.1 Å². The number of hydrogen-bond acceptors (Lipinski definition) is 9.